The first-order valence-electron chi connectivity index (χ1n) is 11.0. The molecular formula is C22H34IN7. The van der Waals surface area contributed by atoms with Crippen LogP contribution in [0.4, 0.5) is 0 Å². The highest BCUT2D eigenvalue weighted by atomic mass is 127. The number of hydrogen-bond acceptors (Lipinski definition) is 4. The Balaban J connectivity index is 0.00000256. The molecule has 30 heavy (non-hydrogen) atoms. The maximum absolute atomic E-state index is 4.43. The SMILES string of the molecule is CN=C(NCc1nnc2n1CCCCC2)NCC(c1ccccc1)N1CCCC1.I. The summed E-state index contributed by atoms with van der Waals surface area (Å²) in [6.45, 7) is 4.84. The van der Waals surface area contributed by atoms with Crippen molar-refractivity contribution in [2.45, 2.75) is 57.7 Å². The van der Waals surface area contributed by atoms with E-state index in [4.69, 9.17) is 0 Å². The lowest BCUT2D eigenvalue weighted by molar-refractivity contribution is 0.245. The largest absolute Gasteiger partial charge is 0.354 e. The monoisotopic (exact) mass is 523 g/mol. The molecule has 2 aromatic rings. The van der Waals surface area contributed by atoms with E-state index >= 15 is 0 Å². The number of aryl methyl sites for hydroxylation is 1. The number of aromatic nitrogens is 3. The van der Waals surface area contributed by atoms with Crippen LogP contribution in [0.3, 0.4) is 0 Å². The van der Waals surface area contributed by atoms with Crippen molar-refractivity contribution in [1.82, 2.24) is 30.3 Å². The number of halogens is 1. The summed E-state index contributed by atoms with van der Waals surface area (Å²) in [5, 5.41) is 15.8. The molecule has 0 spiro atoms. The summed E-state index contributed by atoms with van der Waals surface area (Å²) in [6.07, 6.45) is 7.31. The summed E-state index contributed by atoms with van der Waals surface area (Å²) in [7, 11) is 1.83. The minimum atomic E-state index is 0. The quantitative estimate of drug-likeness (QED) is 0.346. The molecular weight excluding hydrogens is 489 g/mol. The summed E-state index contributed by atoms with van der Waals surface area (Å²) in [4.78, 5) is 7.01. The summed E-state index contributed by atoms with van der Waals surface area (Å²) in [5.41, 5.74) is 1.36. The summed E-state index contributed by atoms with van der Waals surface area (Å²) in [6, 6.07) is 11.2. The fourth-order valence-electron chi connectivity index (χ4n) is 4.44. The fraction of sp³-hybridized carbons (Fsp3) is 0.591. The lowest BCUT2D eigenvalue weighted by Gasteiger charge is -2.29. The Kier molecular flexibility index (Phi) is 8.92. The molecule has 2 aliphatic rings. The molecule has 1 aromatic carbocycles. The molecule has 1 atom stereocenters. The average Bonchev–Trinajstić information content (AvgIpc) is 3.36. The first-order valence-corrected chi connectivity index (χ1v) is 11.0. The second-order valence-corrected chi connectivity index (χ2v) is 7.97. The highest BCUT2D eigenvalue weighted by molar-refractivity contribution is 14.0. The van der Waals surface area contributed by atoms with Crippen LogP contribution < -0.4 is 10.6 Å². The number of guanidine groups is 1. The van der Waals surface area contributed by atoms with Crippen molar-refractivity contribution in [2.24, 2.45) is 4.99 Å². The highest BCUT2D eigenvalue weighted by Gasteiger charge is 2.23. The number of aliphatic imine (C=N–C) groups is 1. The van der Waals surface area contributed by atoms with Gasteiger partial charge in [-0.3, -0.25) is 9.89 Å². The molecule has 8 heteroatoms. The summed E-state index contributed by atoms with van der Waals surface area (Å²) in [5.74, 6) is 2.94. The molecule has 2 aliphatic heterocycles. The van der Waals surface area contributed by atoms with Gasteiger partial charge in [0, 0.05) is 26.6 Å². The third-order valence-electron chi connectivity index (χ3n) is 6.05. The zero-order valence-electron chi connectivity index (χ0n) is 17.9. The van der Waals surface area contributed by atoms with Crippen LogP contribution in [-0.4, -0.2) is 52.3 Å². The minimum Gasteiger partial charge on any atom is -0.354 e. The molecule has 0 saturated carbocycles. The van der Waals surface area contributed by atoms with Crippen molar-refractivity contribution < 1.29 is 0 Å². The second-order valence-electron chi connectivity index (χ2n) is 7.97. The predicted molar refractivity (Wildman–Crippen MR) is 131 cm³/mol. The van der Waals surface area contributed by atoms with Crippen molar-refractivity contribution >= 4 is 29.9 Å². The molecule has 164 valence electrons. The van der Waals surface area contributed by atoms with Crippen LogP contribution in [0.25, 0.3) is 0 Å². The molecule has 0 aliphatic carbocycles. The van der Waals surface area contributed by atoms with Crippen LogP contribution in [-0.2, 0) is 19.5 Å². The maximum Gasteiger partial charge on any atom is 0.191 e. The fourth-order valence-corrected chi connectivity index (χ4v) is 4.44. The van der Waals surface area contributed by atoms with E-state index in [-0.39, 0.29) is 24.0 Å². The Morgan fingerprint density at radius 3 is 2.53 bits per heavy atom. The normalized spacial score (nSPS) is 18.2. The van der Waals surface area contributed by atoms with E-state index in [9.17, 15) is 0 Å². The number of benzene rings is 1. The van der Waals surface area contributed by atoms with Crippen LogP contribution in [0.1, 0.15) is 55.4 Å². The van der Waals surface area contributed by atoms with Gasteiger partial charge in [0.1, 0.15) is 5.82 Å². The van der Waals surface area contributed by atoms with Gasteiger partial charge in [-0.15, -0.1) is 34.2 Å². The van der Waals surface area contributed by atoms with Gasteiger partial charge in [0.15, 0.2) is 11.8 Å². The van der Waals surface area contributed by atoms with Crippen LogP contribution in [0, 0.1) is 0 Å². The van der Waals surface area contributed by atoms with Crippen molar-refractivity contribution in [3.05, 3.63) is 47.5 Å². The number of hydrogen-bond donors (Lipinski definition) is 2. The number of likely N-dealkylation sites (tertiary alicyclic amines) is 1. The van der Waals surface area contributed by atoms with Gasteiger partial charge < -0.3 is 15.2 Å². The standard InChI is InChI=1S/C22H33N7.HI/c1-23-22(25-17-21-27-26-20-12-6-3-7-15-29(20)21)24-16-19(28-13-8-9-14-28)18-10-4-2-5-11-18;/h2,4-5,10-11,19H,3,6-9,12-17H2,1H3,(H2,23,24,25);1H. The predicted octanol–water partition coefficient (Wildman–Crippen LogP) is 3.12. The van der Waals surface area contributed by atoms with Crippen LogP contribution in [0.15, 0.2) is 35.3 Å². The molecule has 4 rings (SSSR count). The third-order valence-corrected chi connectivity index (χ3v) is 6.05. The second kappa shape index (κ2) is 11.6. The van der Waals surface area contributed by atoms with Gasteiger partial charge in [-0.2, -0.15) is 0 Å². The van der Waals surface area contributed by atoms with Crippen LogP contribution in [0.5, 0.6) is 0 Å². The molecule has 2 N–H and O–H groups in total. The van der Waals surface area contributed by atoms with Crippen molar-refractivity contribution in [3.8, 4) is 0 Å². The topological polar surface area (TPSA) is 70.4 Å². The van der Waals surface area contributed by atoms with Crippen molar-refractivity contribution in [3.63, 3.8) is 0 Å². The van der Waals surface area contributed by atoms with Crippen LogP contribution >= 0.6 is 24.0 Å². The molecule has 1 fully saturated rings. The van der Waals surface area contributed by atoms with Gasteiger partial charge in [-0.1, -0.05) is 36.8 Å². The molecule has 1 saturated heterocycles. The van der Waals surface area contributed by atoms with Gasteiger partial charge in [-0.05, 0) is 44.3 Å². The van der Waals surface area contributed by atoms with E-state index in [1.165, 1.54) is 50.8 Å². The first-order chi connectivity index (χ1) is 14.3. The molecule has 0 radical (unpaired) electrons. The molecule has 1 unspecified atom stereocenters. The Labute approximate surface area is 196 Å². The van der Waals surface area contributed by atoms with E-state index in [0.29, 0.717) is 12.6 Å². The Morgan fingerprint density at radius 2 is 1.77 bits per heavy atom. The number of rotatable bonds is 6. The van der Waals surface area contributed by atoms with Gasteiger partial charge in [0.05, 0.1) is 12.6 Å². The zero-order valence-corrected chi connectivity index (χ0v) is 20.2. The van der Waals surface area contributed by atoms with Gasteiger partial charge in [0.2, 0.25) is 0 Å². The van der Waals surface area contributed by atoms with E-state index in [2.05, 4.69) is 65.6 Å². The summed E-state index contributed by atoms with van der Waals surface area (Å²) >= 11 is 0. The number of nitrogens with one attached hydrogen (secondary N) is 2. The Morgan fingerprint density at radius 1 is 1.00 bits per heavy atom. The van der Waals surface area contributed by atoms with Crippen LogP contribution in [0.2, 0.25) is 0 Å². The van der Waals surface area contributed by atoms with Crippen molar-refractivity contribution in [1.29, 1.82) is 0 Å². The van der Waals surface area contributed by atoms with Gasteiger partial charge in [0.25, 0.3) is 0 Å². The minimum absolute atomic E-state index is 0. The molecule has 0 amide bonds. The average molecular weight is 523 g/mol. The lowest BCUT2D eigenvalue weighted by Crippen LogP contribution is -2.42. The zero-order chi connectivity index (χ0) is 19.9. The summed E-state index contributed by atoms with van der Waals surface area (Å²) < 4.78 is 2.28. The van der Waals surface area contributed by atoms with Crippen molar-refractivity contribution in [2.75, 3.05) is 26.7 Å². The van der Waals surface area contributed by atoms with E-state index in [0.717, 1.165) is 37.1 Å². The van der Waals surface area contributed by atoms with E-state index in [1.54, 1.807) is 0 Å². The number of fused-ring (bicyclic) bond motifs is 1. The number of nitrogens with zero attached hydrogens (tertiary/aromatic N) is 5. The molecule has 7 nitrogen and oxygen atoms in total. The third kappa shape index (κ3) is 5.72. The van der Waals surface area contributed by atoms with Gasteiger partial charge in [-0.25, -0.2) is 0 Å². The van der Waals surface area contributed by atoms with Gasteiger partial charge >= 0.3 is 0 Å². The Hall–Kier alpha value is -1.68. The maximum atomic E-state index is 4.43. The highest BCUT2D eigenvalue weighted by Crippen LogP contribution is 2.24. The Bertz CT molecular complexity index is 799. The molecule has 0 bridgehead atoms. The molecule has 3 heterocycles. The van der Waals surface area contributed by atoms with E-state index < -0.39 is 0 Å². The smallest absolute Gasteiger partial charge is 0.191 e. The first kappa shape index (κ1) is 23.0. The van der Waals surface area contributed by atoms with E-state index in [1.807, 2.05) is 7.05 Å². The molecule has 1 aromatic heterocycles. The lowest BCUT2D eigenvalue weighted by atomic mass is 10.1.